The number of ether oxygens (including phenoxy) is 1. The lowest BCUT2D eigenvalue weighted by molar-refractivity contribution is 0.283. The minimum atomic E-state index is -0.213. The topological polar surface area (TPSA) is 39.9 Å². The second-order valence-corrected chi connectivity index (χ2v) is 5.96. The number of aromatic nitrogens is 3. The van der Waals surface area contributed by atoms with Gasteiger partial charge in [0.15, 0.2) is 0 Å². The fraction of sp³-hybridized carbons (Fsp3) is 0.529. The van der Waals surface area contributed by atoms with Gasteiger partial charge in [-0.15, -0.1) is 5.10 Å². The summed E-state index contributed by atoms with van der Waals surface area (Å²) in [5.74, 6) is 1.34. The first-order valence-corrected chi connectivity index (χ1v) is 8.00. The smallest absolute Gasteiger partial charge is 0.316 e. The number of rotatable bonds is 5. The summed E-state index contributed by atoms with van der Waals surface area (Å²) in [5, 5.41) is 8.48. The zero-order valence-electron chi connectivity index (χ0n) is 13.0. The highest BCUT2D eigenvalue weighted by atomic mass is 19.1. The molecule has 1 saturated carbocycles. The van der Waals surface area contributed by atoms with Crippen LogP contribution < -0.4 is 4.74 Å². The SMILES string of the molecule is Cn1c(OCCc2ccc(F)cc2)nnc1C1CCCCC1. The summed E-state index contributed by atoms with van der Waals surface area (Å²) in [6.07, 6.45) is 7.00. The van der Waals surface area contributed by atoms with Crippen LogP contribution in [0.25, 0.3) is 0 Å². The monoisotopic (exact) mass is 303 g/mol. The lowest BCUT2D eigenvalue weighted by Gasteiger charge is -2.20. The zero-order chi connectivity index (χ0) is 15.4. The molecular weight excluding hydrogens is 281 g/mol. The Morgan fingerprint density at radius 1 is 1.14 bits per heavy atom. The summed E-state index contributed by atoms with van der Waals surface area (Å²) < 4.78 is 20.6. The van der Waals surface area contributed by atoms with E-state index in [0.29, 0.717) is 18.5 Å². The van der Waals surface area contributed by atoms with E-state index in [9.17, 15) is 4.39 Å². The third kappa shape index (κ3) is 3.46. The average molecular weight is 303 g/mol. The summed E-state index contributed by atoms with van der Waals surface area (Å²) in [6, 6.07) is 7.08. The minimum absolute atomic E-state index is 0.213. The van der Waals surface area contributed by atoms with E-state index in [4.69, 9.17) is 4.74 Å². The van der Waals surface area contributed by atoms with Gasteiger partial charge in [-0.05, 0) is 30.5 Å². The molecule has 1 aliphatic carbocycles. The van der Waals surface area contributed by atoms with E-state index in [1.165, 1.54) is 44.2 Å². The highest BCUT2D eigenvalue weighted by Crippen LogP contribution is 2.32. The van der Waals surface area contributed by atoms with E-state index in [2.05, 4.69) is 10.2 Å². The fourth-order valence-corrected chi connectivity index (χ4v) is 3.08. The summed E-state index contributed by atoms with van der Waals surface area (Å²) >= 11 is 0. The van der Waals surface area contributed by atoms with Gasteiger partial charge >= 0.3 is 6.01 Å². The van der Waals surface area contributed by atoms with Crippen molar-refractivity contribution in [1.29, 1.82) is 0 Å². The Kier molecular flexibility index (Phi) is 4.71. The normalized spacial score (nSPS) is 15.9. The van der Waals surface area contributed by atoms with Gasteiger partial charge in [-0.3, -0.25) is 4.57 Å². The molecule has 0 saturated heterocycles. The molecule has 0 spiro atoms. The Bertz CT molecular complexity index is 603. The van der Waals surface area contributed by atoms with Crippen molar-refractivity contribution in [2.24, 2.45) is 7.05 Å². The van der Waals surface area contributed by atoms with Crippen molar-refractivity contribution in [1.82, 2.24) is 14.8 Å². The van der Waals surface area contributed by atoms with Gasteiger partial charge in [0, 0.05) is 19.4 Å². The van der Waals surface area contributed by atoms with Crippen LogP contribution in [-0.4, -0.2) is 21.4 Å². The van der Waals surface area contributed by atoms with Gasteiger partial charge in [-0.25, -0.2) is 4.39 Å². The Balaban J connectivity index is 1.56. The first-order chi connectivity index (χ1) is 10.7. The Hall–Kier alpha value is -1.91. The van der Waals surface area contributed by atoms with Gasteiger partial charge < -0.3 is 4.74 Å². The molecule has 0 unspecified atom stereocenters. The molecule has 1 heterocycles. The predicted octanol–water partition coefficient (Wildman–Crippen LogP) is 3.62. The lowest BCUT2D eigenvalue weighted by atomic mass is 9.89. The molecule has 1 aromatic heterocycles. The van der Waals surface area contributed by atoms with Crippen LogP contribution in [0.1, 0.15) is 49.4 Å². The van der Waals surface area contributed by atoms with E-state index >= 15 is 0 Å². The molecule has 5 heteroatoms. The van der Waals surface area contributed by atoms with Crippen molar-refractivity contribution in [2.45, 2.75) is 44.4 Å². The van der Waals surface area contributed by atoms with Crippen molar-refractivity contribution >= 4 is 0 Å². The minimum Gasteiger partial charge on any atom is -0.463 e. The van der Waals surface area contributed by atoms with E-state index in [-0.39, 0.29) is 5.82 Å². The second kappa shape index (κ2) is 6.90. The second-order valence-electron chi connectivity index (χ2n) is 5.96. The van der Waals surface area contributed by atoms with Crippen molar-refractivity contribution in [2.75, 3.05) is 6.61 Å². The molecule has 0 bridgehead atoms. The van der Waals surface area contributed by atoms with Crippen molar-refractivity contribution in [3.63, 3.8) is 0 Å². The molecule has 0 amide bonds. The standard InChI is InChI=1S/C17H22FN3O/c1-21-16(14-5-3-2-4-6-14)19-20-17(21)22-12-11-13-7-9-15(18)10-8-13/h7-10,14H,2-6,11-12H2,1H3. The number of benzene rings is 1. The first kappa shape index (κ1) is 15.0. The average Bonchev–Trinajstić information content (AvgIpc) is 2.91. The largest absolute Gasteiger partial charge is 0.463 e. The van der Waals surface area contributed by atoms with Gasteiger partial charge in [0.05, 0.1) is 6.61 Å². The molecule has 0 atom stereocenters. The maximum absolute atomic E-state index is 12.9. The van der Waals surface area contributed by atoms with E-state index in [1.807, 2.05) is 11.6 Å². The summed E-state index contributed by atoms with van der Waals surface area (Å²) in [4.78, 5) is 0. The van der Waals surface area contributed by atoms with Crippen molar-refractivity contribution in [3.8, 4) is 6.01 Å². The molecule has 1 aromatic carbocycles. The quantitative estimate of drug-likeness (QED) is 0.847. The molecule has 0 N–H and O–H groups in total. The Morgan fingerprint density at radius 2 is 1.86 bits per heavy atom. The number of nitrogens with zero attached hydrogens (tertiary/aromatic N) is 3. The van der Waals surface area contributed by atoms with Crippen molar-refractivity contribution in [3.05, 3.63) is 41.5 Å². The molecule has 2 aromatic rings. The fourth-order valence-electron chi connectivity index (χ4n) is 3.08. The highest BCUT2D eigenvalue weighted by molar-refractivity contribution is 5.16. The van der Waals surface area contributed by atoms with Crippen LogP contribution in [0.15, 0.2) is 24.3 Å². The molecule has 3 rings (SSSR count). The molecule has 0 aliphatic heterocycles. The van der Waals surface area contributed by atoms with Gasteiger partial charge in [-0.1, -0.05) is 36.5 Å². The van der Waals surface area contributed by atoms with Crippen LogP contribution in [0, 0.1) is 5.82 Å². The van der Waals surface area contributed by atoms with E-state index in [0.717, 1.165) is 17.8 Å². The van der Waals surface area contributed by atoms with Crippen LogP contribution in [0.4, 0.5) is 4.39 Å². The molecule has 22 heavy (non-hydrogen) atoms. The molecule has 118 valence electrons. The zero-order valence-corrected chi connectivity index (χ0v) is 13.0. The molecule has 1 fully saturated rings. The number of halogens is 1. The molecule has 0 radical (unpaired) electrons. The number of hydrogen-bond donors (Lipinski definition) is 0. The summed E-state index contributed by atoms with van der Waals surface area (Å²) in [5.41, 5.74) is 1.05. The third-order valence-electron chi connectivity index (χ3n) is 4.37. The lowest BCUT2D eigenvalue weighted by Crippen LogP contribution is -2.11. The first-order valence-electron chi connectivity index (χ1n) is 8.00. The van der Waals surface area contributed by atoms with Crippen LogP contribution in [0.2, 0.25) is 0 Å². The van der Waals surface area contributed by atoms with Crippen LogP contribution in [0.5, 0.6) is 6.01 Å². The molecule has 4 nitrogen and oxygen atoms in total. The maximum Gasteiger partial charge on any atom is 0.316 e. The molecule has 1 aliphatic rings. The third-order valence-corrected chi connectivity index (χ3v) is 4.37. The highest BCUT2D eigenvalue weighted by Gasteiger charge is 2.22. The van der Waals surface area contributed by atoms with Crippen LogP contribution >= 0.6 is 0 Å². The van der Waals surface area contributed by atoms with Gasteiger partial charge in [0.1, 0.15) is 11.6 Å². The van der Waals surface area contributed by atoms with E-state index < -0.39 is 0 Å². The Labute approximate surface area is 130 Å². The predicted molar refractivity (Wildman–Crippen MR) is 82.4 cm³/mol. The van der Waals surface area contributed by atoms with Gasteiger partial charge in [0.25, 0.3) is 0 Å². The van der Waals surface area contributed by atoms with Crippen LogP contribution in [0.3, 0.4) is 0 Å². The summed E-state index contributed by atoms with van der Waals surface area (Å²) in [6.45, 7) is 0.516. The summed E-state index contributed by atoms with van der Waals surface area (Å²) in [7, 11) is 1.97. The van der Waals surface area contributed by atoms with Crippen LogP contribution in [-0.2, 0) is 13.5 Å². The molecular formula is C17H22FN3O. The van der Waals surface area contributed by atoms with E-state index in [1.54, 1.807) is 12.1 Å². The van der Waals surface area contributed by atoms with Gasteiger partial charge in [0.2, 0.25) is 0 Å². The van der Waals surface area contributed by atoms with Crippen molar-refractivity contribution < 1.29 is 9.13 Å². The maximum atomic E-state index is 12.9. The Morgan fingerprint density at radius 3 is 2.59 bits per heavy atom. The number of hydrogen-bond acceptors (Lipinski definition) is 3. The van der Waals surface area contributed by atoms with Gasteiger partial charge in [-0.2, -0.15) is 0 Å².